The summed E-state index contributed by atoms with van der Waals surface area (Å²) in [5.74, 6) is 1.37. The number of carbonyl (C=O) groups excluding carboxylic acids is 1. The minimum atomic E-state index is -0.699. The van der Waals surface area contributed by atoms with Crippen molar-refractivity contribution in [2.45, 2.75) is 37.5 Å². The molecule has 0 spiro atoms. The second-order valence-electron chi connectivity index (χ2n) is 6.45. The van der Waals surface area contributed by atoms with Gasteiger partial charge in [0.1, 0.15) is 11.5 Å². The van der Waals surface area contributed by atoms with Crippen molar-refractivity contribution in [3.05, 3.63) is 59.7 Å². The predicted molar refractivity (Wildman–Crippen MR) is 96.3 cm³/mol. The number of carbonyl (C=O) groups is 1. The zero-order valence-electron chi connectivity index (χ0n) is 14.8. The van der Waals surface area contributed by atoms with Gasteiger partial charge in [-0.1, -0.05) is 43.5 Å². The van der Waals surface area contributed by atoms with Crippen molar-refractivity contribution in [2.75, 3.05) is 14.2 Å². The Kier molecular flexibility index (Phi) is 5.27. The van der Waals surface area contributed by atoms with Gasteiger partial charge in [0.25, 0.3) is 0 Å². The van der Waals surface area contributed by atoms with Crippen LogP contribution in [0.5, 0.6) is 11.5 Å². The van der Waals surface area contributed by atoms with E-state index in [2.05, 4.69) is 29.0 Å². The summed E-state index contributed by atoms with van der Waals surface area (Å²) in [5, 5.41) is 0. The van der Waals surface area contributed by atoms with Crippen molar-refractivity contribution in [3.63, 3.8) is 0 Å². The van der Waals surface area contributed by atoms with Gasteiger partial charge in [-0.15, -0.1) is 0 Å². The molecule has 4 heteroatoms. The molecule has 1 aliphatic carbocycles. The molecule has 0 aliphatic heterocycles. The van der Waals surface area contributed by atoms with Crippen LogP contribution in [0.3, 0.4) is 0 Å². The van der Waals surface area contributed by atoms with E-state index in [9.17, 15) is 4.79 Å². The fraction of sp³-hybridized carbons (Fsp3) is 0.381. The molecule has 4 nitrogen and oxygen atoms in total. The van der Waals surface area contributed by atoms with Gasteiger partial charge in [0, 0.05) is 5.41 Å². The molecule has 0 saturated heterocycles. The fourth-order valence-corrected chi connectivity index (χ4v) is 3.79. The van der Waals surface area contributed by atoms with E-state index in [0.29, 0.717) is 5.75 Å². The minimum Gasteiger partial charge on any atom is -0.497 e. The van der Waals surface area contributed by atoms with Gasteiger partial charge in [0.05, 0.1) is 14.2 Å². The van der Waals surface area contributed by atoms with Crippen molar-refractivity contribution in [2.24, 2.45) is 0 Å². The molecular formula is C21H24O4. The summed E-state index contributed by atoms with van der Waals surface area (Å²) in [5.41, 5.74) is 2.58. The van der Waals surface area contributed by atoms with Crippen molar-refractivity contribution in [1.82, 2.24) is 0 Å². The van der Waals surface area contributed by atoms with Crippen LogP contribution in [0.1, 0.15) is 43.2 Å². The number of methoxy groups -OCH3 is 2. The third-order valence-electron chi connectivity index (χ3n) is 5.12. The van der Waals surface area contributed by atoms with Crippen molar-refractivity contribution < 1.29 is 19.0 Å². The first-order valence-electron chi connectivity index (χ1n) is 8.69. The summed E-state index contributed by atoms with van der Waals surface area (Å²) in [6.45, 7) is 0. The van der Waals surface area contributed by atoms with Crippen molar-refractivity contribution >= 4 is 6.16 Å². The number of ether oxygens (including phenoxy) is 3. The topological polar surface area (TPSA) is 44.8 Å². The number of rotatable bonds is 4. The van der Waals surface area contributed by atoms with Gasteiger partial charge >= 0.3 is 6.16 Å². The van der Waals surface area contributed by atoms with Crippen LogP contribution in [0.25, 0.3) is 0 Å². The van der Waals surface area contributed by atoms with Crippen LogP contribution < -0.4 is 9.47 Å². The highest BCUT2D eigenvalue weighted by atomic mass is 16.7. The van der Waals surface area contributed by atoms with E-state index >= 15 is 0 Å². The Balaban J connectivity index is 1.93. The highest BCUT2D eigenvalue weighted by Crippen LogP contribution is 2.45. The Morgan fingerprint density at radius 3 is 1.80 bits per heavy atom. The van der Waals surface area contributed by atoms with Gasteiger partial charge in [-0.2, -0.15) is 0 Å². The van der Waals surface area contributed by atoms with E-state index in [1.54, 1.807) is 7.11 Å². The van der Waals surface area contributed by atoms with Crippen molar-refractivity contribution in [3.8, 4) is 11.5 Å². The molecule has 0 atom stereocenters. The molecule has 1 fully saturated rings. The number of benzene rings is 2. The molecule has 0 aromatic heterocycles. The summed E-state index contributed by atoms with van der Waals surface area (Å²) >= 11 is 0. The number of hydrogen-bond donors (Lipinski definition) is 0. The third kappa shape index (κ3) is 3.63. The second kappa shape index (κ2) is 7.60. The quantitative estimate of drug-likeness (QED) is 0.574. The number of hydrogen-bond acceptors (Lipinski definition) is 4. The van der Waals surface area contributed by atoms with Gasteiger partial charge in [0.2, 0.25) is 0 Å². The van der Waals surface area contributed by atoms with E-state index in [4.69, 9.17) is 9.47 Å². The molecule has 1 aliphatic rings. The maximum atomic E-state index is 11.3. The Morgan fingerprint density at radius 2 is 1.32 bits per heavy atom. The lowest BCUT2D eigenvalue weighted by atomic mass is 9.65. The molecule has 0 radical (unpaired) electrons. The zero-order valence-corrected chi connectivity index (χ0v) is 14.8. The average molecular weight is 340 g/mol. The maximum absolute atomic E-state index is 11.3. The largest absolute Gasteiger partial charge is 0.513 e. The molecular weight excluding hydrogens is 316 g/mol. The summed E-state index contributed by atoms with van der Waals surface area (Å²) in [6.07, 6.45) is 5.25. The Hall–Kier alpha value is -2.49. The smallest absolute Gasteiger partial charge is 0.497 e. The van der Waals surface area contributed by atoms with Crippen LogP contribution in [-0.2, 0) is 10.2 Å². The SMILES string of the molecule is COC(=O)Oc1ccc(C2(c3ccc(OC)cc3)CCCCC2)cc1. The van der Waals surface area contributed by atoms with Crippen LogP contribution in [0.2, 0.25) is 0 Å². The molecule has 132 valence electrons. The average Bonchev–Trinajstić information content (AvgIpc) is 2.69. The van der Waals surface area contributed by atoms with Crippen LogP contribution in [0.4, 0.5) is 4.79 Å². The Labute approximate surface area is 148 Å². The van der Waals surface area contributed by atoms with E-state index < -0.39 is 6.16 Å². The van der Waals surface area contributed by atoms with Crippen molar-refractivity contribution in [1.29, 1.82) is 0 Å². The molecule has 2 aromatic carbocycles. The molecule has 1 saturated carbocycles. The van der Waals surface area contributed by atoms with Crippen LogP contribution >= 0.6 is 0 Å². The Morgan fingerprint density at radius 1 is 0.800 bits per heavy atom. The van der Waals surface area contributed by atoms with E-state index in [1.807, 2.05) is 24.3 Å². The molecule has 25 heavy (non-hydrogen) atoms. The molecule has 0 unspecified atom stereocenters. The van der Waals surface area contributed by atoms with E-state index in [-0.39, 0.29) is 5.41 Å². The van der Waals surface area contributed by atoms with Gasteiger partial charge in [-0.25, -0.2) is 4.79 Å². The van der Waals surface area contributed by atoms with Gasteiger partial charge in [0.15, 0.2) is 0 Å². The first-order chi connectivity index (χ1) is 12.2. The summed E-state index contributed by atoms with van der Waals surface area (Å²) < 4.78 is 14.9. The highest BCUT2D eigenvalue weighted by molar-refractivity contribution is 5.63. The summed E-state index contributed by atoms with van der Waals surface area (Å²) in [4.78, 5) is 11.3. The van der Waals surface area contributed by atoms with Crippen LogP contribution in [0, 0.1) is 0 Å². The summed E-state index contributed by atoms with van der Waals surface area (Å²) in [6, 6.07) is 16.2. The molecule has 3 rings (SSSR count). The Bertz CT molecular complexity index is 698. The zero-order chi connectivity index (χ0) is 17.7. The van der Waals surface area contributed by atoms with Gasteiger partial charge in [-0.3, -0.25) is 0 Å². The molecule has 0 amide bonds. The molecule has 0 heterocycles. The maximum Gasteiger partial charge on any atom is 0.513 e. The third-order valence-corrected chi connectivity index (χ3v) is 5.12. The molecule has 0 bridgehead atoms. The lowest BCUT2D eigenvalue weighted by Crippen LogP contribution is -2.30. The first kappa shape index (κ1) is 17.3. The normalized spacial score (nSPS) is 16.1. The summed E-state index contributed by atoms with van der Waals surface area (Å²) in [7, 11) is 2.99. The highest BCUT2D eigenvalue weighted by Gasteiger charge is 2.35. The van der Waals surface area contributed by atoms with Crippen LogP contribution in [-0.4, -0.2) is 20.4 Å². The lowest BCUT2D eigenvalue weighted by molar-refractivity contribution is 0.121. The van der Waals surface area contributed by atoms with Crippen LogP contribution in [0.15, 0.2) is 48.5 Å². The van der Waals surface area contributed by atoms with Gasteiger partial charge in [-0.05, 0) is 48.2 Å². The second-order valence-corrected chi connectivity index (χ2v) is 6.45. The monoisotopic (exact) mass is 340 g/mol. The fourth-order valence-electron chi connectivity index (χ4n) is 3.79. The first-order valence-corrected chi connectivity index (χ1v) is 8.69. The predicted octanol–water partition coefficient (Wildman–Crippen LogP) is 5.09. The molecule has 2 aromatic rings. The van der Waals surface area contributed by atoms with E-state index in [0.717, 1.165) is 18.6 Å². The molecule has 0 N–H and O–H groups in total. The lowest BCUT2D eigenvalue weighted by Gasteiger charge is -2.38. The standard InChI is InChI=1S/C21H24O4/c1-23-18-10-6-16(7-11-18)21(14-4-3-5-15-21)17-8-12-19(13-9-17)25-20(22)24-2/h6-13H,3-5,14-15H2,1-2H3. The minimum absolute atomic E-state index is 0.00825. The van der Waals surface area contributed by atoms with E-state index in [1.165, 1.54) is 37.5 Å². The van der Waals surface area contributed by atoms with Gasteiger partial charge < -0.3 is 14.2 Å².